The summed E-state index contributed by atoms with van der Waals surface area (Å²) in [6, 6.07) is 6.49. The second-order valence-corrected chi connectivity index (χ2v) is 6.20. The Kier molecular flexibility index (Phi) is 5.70. The van der Waals surface area contributed by atoms with Crippen molar-refractivity contribution >= 4 is 18.0 Å². The van der Waals surface area contributed by atoms with Crippen molar-refractivity contribution in [3.05, 3.63) is 41.5 Å². The lowest BCUT2D eigenvalue weighted by molar-refractivity contribution is -0.144. The molecule has 1 saturated carbocycles. The van der Waals surface area contributed by atoms with Crippen molar-refractivity contribution in [2.45, 2.75) is 31.5 Å². The monoisotopic (exact) mass is 366 g/mol. The minimum absolute atomic E-state index is 0.0907. The lowest BCUT2D eigenvalue weighted by Gasteiger charge is -2.22. The molecule has 1 aliphatic carbocycles. The first kappa shape index (κ1) is 19.5. The van der Waals surface area contributed by atoms with E-state index >= 15 is 0 Å². The topological polar surface area (TPSA) is 79.2 Å². The molecule has 8 heteroatoms. The minimum atomic E-state index is -4.47. The van der Waals surface area contributed by atoms with Crippen molar-refractivity contribution in [1.82, 2.24) is 5.32 Å². The second kappa shape index (κ2) is 7.60. The van der Waals surface area contributed by atoms with Crippen LogP contribution in [-0.2, 0) is 20.5 Å². The average molecular weight is 366 g/mol. The van der Waals surface area contributed by atoms with E-state index in [1.54, 1.807) is 6.92 Å². The fourth-order valence-corrected chi connectivity index (χ4v) is 2.38. The lowest BCUT2D eigenvalue weighted by Crippen LogP contribution is -2.48. The first-order valence-corrected chi connectivity index (χ1v) is 7.88. The highest BCUT2D eigenvalue weighted by atomic mass is 19.4. The Labute approximate surface area is 148 Å². The van der Waals surface area contributed by atoms with Gasteiger partial charge in [0.05, 0.1) is 11.6 Å². The maximum absolute atomic E-state index is 12.6. The predicted molar refractivity (Wildman–Crippen MR) is 86.3 cm³/mol. The molecule has 1 aliphatic rings. The van der Waals surface area contributed by atoms with Gasteiger partial charge >= 0.3 is 12.1 Å². The summed E-state index contributed by atoms with van der Waals surface area (Å²) in [4.78, 5) is 23.4. The molecule has 26 heavy (non-hydrogen) atoms. The first-order valence-electron chi connectivity index (χ1n) is 7.88. The van der Waals surface area contributed by atoms with Crippen LogP contribution in [-0.4, -0.2) is 24.0 Å². The molecule has 1 amide bonds. The first-order chi connectivity index (χ1) is 12.1. The van der Waals surface area contributed by atoms with Crippen LogP contribution in [0.4, 0.5) is 13.2 Å². The van der Waals surface area contributed by atoms with E-state index in [4.69, 9.17) is 10.00 Å². The Bertz CT molecular complexity index is 764. The Morgan fingerprint density at radius 3 is 2.65 bits per heavy atom. The molecule has 1 N–H and O–H groups in total. The summed E-state index contributed by atoms with van der Waals surface area (Å²) in [5, 5.41) is 11.7. The number of ether oxygens (including phenoxy) is 1. The zero-order valence-corrected chi connectivity index (χ0v) is 14.0. The number of nitriles is 1. The molecule has 0 bridgehead atoms. The van der Waals surface area contributed by atoms with E-state index in [1.165, 1.54) is 18.2 Å². The van der Waals surface area contributed by atoms with E-state index in [9.17, 15) is 22.8 Å². The smallest absolute Gasteiger partial charge is 0.416 e. The summed E-state index contributed by atoms with van der Waals surface area (Å²) in [6.07, 6.45) is -0.669. The van der Waals surface area contributed by atoms with Gasteiger partial charge in [0.15, 0.2) is 6.61 Å². The van der Waals surface area contributed by atoms with E-state index in [1.807, 2.05) is 6.07 Å². The molecule has 1 aromatic rings. The summed E-state index contributed by atoms with van der Waals surface area (Å²) in [5.74, 6) is -1.39. The quantitative estimate of drug-likeness (QED) is 0.620. The van der Waals surface area contributed by atoms with Gasteiger partial charge in [-0.25, -0.2) is 4.79 Å². The molecule has 1 atom stereocenters. The molecule has 0 unspecified atom stereocenters. The van der Waals surface area contributed by atoms with E-state index in [2.05, 4.69) is 5.32 Å². The van der Waals surface area contributed by atoms with Crippen molar-refractivity contribution in [3.63, 3.8) is 0 Å². The minimum Gasteiger partial charge on any atom is -0.452 e. The van der Waals surface area contributed by atoms with Gasteiger partial charge in [-0.3, -0.25) is 4.79 Å². The maximum atomic E-state index is 12.6. The van der Waals surface area contributed by atoms with Crippen LogP contribution in [0.2, 0.25) is 0 Å². The summed E-state index contributed by atoms with van der Waals surface area (Å²) in [6.45, 7) is 1.04. The van der Waals surface area contributed by atoms with Crippen LogP contribution in [0.25, 0.3) is 6.08 Å². The van der Waals surface area contributed by atoms with E-state index < -0.39 is 35.8 Å². The number of benzene rings is 1. The third-order valence-corrected chi connectivity index (χ3v) is 4.00. The van der Waals surface area contributed by atoms with Gasteiger partial charge in [0.2, 0.25) is 0 Å². The van der Waals surface area contributed by atoms with E-state index in [-0.39, 0.29) is 11.5 Å². The van der Waals surface area contributed by atoms with Crippen molar-refractivity contribution in [2.24, 2.45) is 5.92 Å². The number of rotatable bonds is 6. The van der Waals surface area contributed by atoms with Gasteiger partial charge in [-0.15, -0.1) is 0 Å². The van der Waals surface area contributed by atoms with Crippen LogP contribution in [0.1, 0.15) is 30.9 Å². The highest BCUT2D eigenvalue weighted by Crippen LogP contribution is 2.39. The molecule has 0 aliphatic heterocycles. The molecule has 1 fully saturated rings. The van der Waals surface area contributed by atoms with Crippen molar-refractivity contribution in [2.75, 3.05) is 6.61 Å². The number of carbonyl (C=O) groups is 2. The van der Waals surface area contributed by atoms with Crippen LogP contribution in [0.3, 0.4) is 0 Å². The van der Waals surface area contributed by atoms with Gasteiger partial charge in [-0.2, -0.15) is 18.4 Å². The largest absolute Gasteiger partial charge is 0.452 e. The van der Waals surface area contributed by atoms with E-state index in [0.29, 0.717) is 0 Å². The van der Waals surface area contributed by atoms with Crippen LogP contribution in [0.15, 0.2) is 30.3 Å². The Balaban J connectivity index is 1.86. The normalized spacial score (nSPS) is 16.6. The zero-order chi connectivity index (χ0) is 19.4. The summed E-state index contributed by atoms with van der Waals surface area (Å²) >= 11 is 0. The third kappa shape index (κ3) is 5.34. The van der Waals surface area contributed by atoms with Crippen LogP contribution in [0.5, 0.6) is 0 Å². The van der Waals surface area contributed by atoms with Gasteiger partial charge in [0.1, 0.15) is 5.54 Å². The third-order valence-electron chi connectivity index (χ3n) is 4.00. The predicted octanol–water partition coefficient (Wildman–Crippen LogP) is 3.07. The highest BCUT2D eigenvalue weighted by molar-refractivity contribution is 5.89. The van der Waals surface area contributed by atoms with Gasteiger partial charge in [-0.05, 0) is 49.5 Å². The number of hydrogen-bond donors (Lipinski definition) is 1. The summed E-state index contributed by atoms with van der Waals surface area (Å²) < 4.78 is 42.6. The lowest BCUT2D eigenvalue weighted by atomic mass is 9.98. The number of alkyl halides is 3. The molecular weight excluding hydrogens is 349 g/mol. The van der Waals surface area contributed by atoms with Gasteiger partial charge in [0.25, 0.3) is 5.91 Å². The van der Waals surface area contributed by atoms with Crippen LogP contribution >= 0.6 is 0 Å². The van der Waals surface area contributed by atoms with E-state index in [0.717, 1.165) is 31.1 Å². The number of amides is 1. The maximum Gasteiger partial charge on any atom is 0.416 e. The molecule has 1 aromatic carbocycles. The second-order valence-electron chi connectivity index (χ2n) is 6.20. The molecule has 0 radical (unpaired) electrons. The molecule has 0 saturated heterocycles. The molecule has 2 rings (SSSR count). The molecule has 5 nitrogen and oxygen atoms in total. The van der Waals surface area contributed by atoms with Crippen LogP contribution in [0, 0.1) is 17.2 Å². The molecule has 0 aromatic heterocycles. The number of nitrogens with zero attached hydrogens (tertiary/aromatic N) is 1. The number of nitrogens with one attached hydrogen (secondary N) is 1. The molecular formula is C18H17F3N2O3. The fourth-order valence-electron chi connectivity index (χ4n) is 2.38. The number of hydrogen-bond acceptors (Lipinski definition) is 4. The molecule has 0 heterocycles. The van der Waals surface area contributed by atoms with Gasteiger partial charge < -0.3 is 10.1 Å². The fraction of sp³-hybridized carbons (Fsp3) is 0.389. The summed E-state index contributed by atoms with van der Waals surface area (Å²) in [5.41, 5.74) is -1.65. The van der Waals surface area contributed by atoms with Crippen LogP contribution < -0.4 is 5.32 Å². The zero-order valence-electron chi connectivity index (χ0n) is 14.0. The van der Waals surface area contributed by atoms with Gasteiger partial charge in [0, 0.05) is 6.08 Å². The number of esters is 1. The van der Waals surface area contributed by atoms with Crippen molar-refractivity contribution in [3.8, 4) is 6.07 Å². The van der Waals surface area contributed by atoms with Crippen molar-refractivity contribution in [1.29, 1.82) is 5.26 Å². The number of halogens is 3. The van der Waals surface area contributed by atoms with Gasteiger partial charge in [-0.1, -0.05) is 12.1 Å². The average Bonchev–Trinajstić information content (AvgIpc) is 3.43. The summed E-state index contributed by atoms with van der Waals surface area (Å²) in [7, 11) is 0. The standard InChI is InChI=1S/C18H17F3N2O3/c1-17(11-22,13-6-7-13)23-15(24)10-26-16(25)8-5-12-3-2-4-14(9-12)18(19,20)21/h2-5,8-9,13H,6-7,10H2,1H3,(H,23,24)/b8-5+/t17-/m0/s1. The highest BCUT2D eigenvalue weighted by Gasteiger charge is 2.43. The number of carbonyl (C=O) groups excluding carboxylic acids is 2. The Morgan fingerprint density at radius 2 is 2.08 bits per heavy atom. The van der Waals surface area contributed by atoms with Crippen molar-refractivity contribution < 1.29 is 27.5 Å². The molecule has 0 spiro atoms. The SMILES string of the molecule is C[C@@](C#N)(NC(=O)COC(=O)/C=C/c1cccc(C(F)(F)F)c1)C1CC1. The Morgan fingerprint density at radius 1 is 1.38 bits per heavy atom. The Hall–Kier alpha value is -2.82. The molecule has 138 valence electrons.